The summed E-state index contributed by atoms with van der Waals surface area (Å²) < 4.78 is 1.74. The molecule has 1 aliphatic rings. The van der Waals surface area contributed by atoms with Gasteiger partial charge in [0.15, 0.2) is 11.5 Å². The standard InChI is InChI=1S/C21H24BN7O/c1-13-11-29-20(14(2)25-13)27-19(28-29)15-4-5-17(18(10-15)24-3)21(30)26-16-6-8-22(12-23)9-7-16/h4-5,10-11,16,24H,6-9H2,1-3H3,(H,26,30). The Bertz CT molecular complexity index is 1140. The van der Waals surface area contributed by atoms with E-state index in [0.717, 1.165) is 53.8 Å². The number of nitrogens with one attached hydrogen (secondary N) is 2. The van der Waals surface area contributed by atoms with Gasteiger partial charge in [0.05, 0.1) is 23.1 Å². The predicted octanol–water partition coefficient (Wildman–Crippen LogP) is 2.90. The summed E-state index contributed by atoms with van der Waals surface area (Å²) in [6, 6.07) is 5.68. The number of amides is 1. The van der Waals surface area contributed by atoms with Gasteiger partial charge in [-0.3, -0.25) is 9.78 Å². The predicted molar refractivity (Wildman–Crippen MR) is 117 cm³/mol. The Kier molecular flexibility index (Phi) is 5.40. The van der Waals surface area contributed by atoms with E-state index in [1.807, 2.05) is 32.2 Å². The molecule has 1 saturated heterocycles. The van der Waals surface area contributed by atoms with Crippen LogP contribution in [0.1, 0.15) is 34.6 Å². The zero-order valence-electron chi connectivity index (χ0n) is 17.4. The van der Waals surface area contributed by atoms with Crippen molar-refractivity contribution in [3.63, 3.8) is 0 Å². The summed E-state index contributed by atoms with van der Waals surface area (Å²) in [4.78, 5) is 21.9. The Morgan fingerprint density at radius 1 is 1.27 bits per heavy atom. The third kappa shape index (κ3) is 3.86. The topological polar surface area (TPSA) is 108 Å². The normalized spacial score (nSPS) is 14.5. The van der Waals surface area contributed by atoms with Gasteiger partial charge in [-0.1, -0.05) is 18.7 Å². The fourth-order valence-corrected chi connectivity index (χ4v) is 4.02. The van der Waals surface area contributed by atoms with E-state index in [2.05, 4.69) is 31.7 Å². The van der Waals surface area contributed by atoms with Crippen molar-refractivity contribution in [3.05, 3.63) is 41.3 Å². The Labute approximate surface area is 175 Å². The maximum atomic E-state index is 12.9. The van der Waals surface area contributed by atoms with Crippen LogP contribution >= 0.6 is 0 Å². The Morgan fingerprint density at radius 2 is 2.03 bits per heavy atom. The van der Waals surface area contributed by atoms with Gasteiger partial charge in [-0.2, -0.15) is 0 Å². The van der Waals surface area contributed by atoms with Crippen LogP contribution in [-0.2, 0) is 0 Å². The molecule has 3 heterocycles. The van der Waals surface area contributed by atoms with Crippen LogP contribution in [0.25, 0.3) is 17.0 Å². The number of anilines is 1. The van der Waals surface area contributed by atoms with Crippen molar-refractivity contribution in [2.24, 2.45) is 0 Å². The number of nitriles is 1. The smallest absolute Gasteiger partial charge is 0.268 e. The summed E-state index contributed by atoms with van der Waals surface area (Å²) in [6.45, 7) is 3.95. The molecule has 0 unspecified atom stereocenters. The molecule has 152 valence electrons. The Hall–Kier alpha value is -3.41. The lowest BCUT2D eigenvalue weighted by atomic mass is 9.42. The zero-order chi connectivity index (χ0) is 21.3. The van der Waals surface area contributed by atoms with E-state index in [4.69, 9.17) is 5.26 Å². The molecule has 30 heavy (non-hydrogen) atoms. The van der Waals surface area contributed by atoms with E-state index < -0.39 is 0 Å². The number of nitrogens with zero attached hydrogens (tertiary/aromatic N) is 5. The third-order valence-electron chi connectivity index (χ3n) is 5.64. The zero-order valence-corrected chi connectivity index (χ0v) is 17.4. The quantitative estimate of drug-likeness (QED) is 0.651. The van der Waals surface area contributed by atoms with Crippen LogP contribution in [0.4, 0.5) is 5.69 Å². The van der Waals surface area contributed by atoms with E-state index in [-0.39, 0.29) is 18.7 Å². The highest BCUT2D eigenvalue weighted by atomic mass is 16.1. The van der Waals surface area contributed by atoms with Gasteiger partial charge >= 0.3 is 0 Å². The van der Waals surface area contributed by atoms with Crippen LogP contribution in [0.5, 0.6) is 0 Å². The fraction of sp³-hybridized carbons (Fsp3) is 0.381. The number of aryl methyl sites for hydroxylation is 2. The number of benzene rings is 1. The first-order chi connectivity index (χ1) is 14.5. The van der Waals surface area contributed by atoms with Crippen LogP contribution < -0.4 is 10.6 Å². The molecule has 0 spiro atoms. The van der Waals surface area contributed by atoms with E-state index in [1.165, 1.54) is 0 Å². The minimum Gasteiger partial charge on any atom is -0.387 e. The van der Waals surface area contributed by atoms with Gasteiger partial charge in [0.2, 0.25) is 0 Å². The van der Waals surface area contributed by atoms with E-state index >= 15 is 0 Å². The molecule has 3 aromatic rings. The third-order valence-corrected chi connectivity index (χ3v) is 5.64. The second-order valence-corrected chi connectivity index (χ2v) is 7.83. The molecule has 4 rings (SSSR count). The molecule has 1 amide bonds. The summed E-state index contributed by atoms with van der Waals surface area (Å²) >= 11 is 0. The number of carbonyl (C=O) groups is 1. The summed E-state index contributed by atoms with van der Waals surface area (Å²) in [7, 11) is 1.79. The van der Waals surface area contributed by atoms with Gasteiger partial charge in [-0.05, 0) is 38.8 Å². The molecule has 1 fully saturated rings. The lowest BCUT2D eigenvalue weighted by Gasteiger charge is -2.24. The number of hydrogen-bond acceptors (Lipinski definition) is 6. The number of hydrogen-bond donors (Lipinski definition) is 2. The van der Waals surface area contributed by atoms with Gasteiger partial charge in [0.1, 0.15) is 0 Å². The van der Waals surface area contributed by atoms with Crippen LogP contribution in [0.2, 0.25) is 12.6 Å². The Balaban J connectivity index is 1.57. The number of carbonyl (C=O) groups excluding carboxylic acids is 1. The van der Waals surface area contributed by atoms with E-state index in [1.54, 1.807) is 17.6 Å². The van der Waals surface area contributed by atoms with Crippen molar-refractivity contribution < 1.29 is 4.79 Å². The molecule has 1 aliphatic heterocycles. The molecule has 2 N–H and O–H groups in total. The number of aromatic nitrogens is 4. The van der Waals surface area contributed by atoms with Gasteiger partial charge in [0, 0.05) is 30.3 Å². The summed E-state index contributed by atoms with van der Waals surface area (Å²) in [5, 5.41) is 19.8. The molecular formula is C21H24BN7O. The summed E-state index contributed by atoms with van der Waals surface area (Å²) in [5.41, 5.74) is 4.55. The second kappa shape index (κ2) is 8.15. The maximum absolute atomic E-state index is 12.9. The fourth-order valence-electron chi connectivity index (χ4n) is 4.02. The molecule has 0 saturated carbocycles. The van der Waals surface area contributed by atoms with Gasteiger partial charge in [-0.25, -0.2) is 14.8 Å². The molecule has 0 radical (unpaired) electrons. The maximum Gasteiger partial charge on any atom is 0.268 e. The highest BCUT2D eigenvalue weighted by Crippen LogP contribution is 2.26. The molecule has 1 aromatic carbocycles. The molecule has 0 aliphatic carbocycles. The lowest BCUT2D eigenvalue weighted by Crippen LogP contribution is -2.39. The largest absolute Gasteiger partial charge is 0.387 e. The van der Waals surface area contributed by atoms with Gasteiger partial charge in [-0.15, -0.1) is 5.10 Å². The minimum atomic E-state index is -0.107. The molecule has 2 aromatic heterocycles. The highest BCUT2D eigenvalue weighted by molar-refractivity contribution is 6.67. The first-order valence-corrected chi connectivity index (χ1v) is 10.2. The SMILES string of the molecule is CNc1cc(-c2nc3c(C)nc(C)cn3n2)ccc1C(=O)NC1CCB(C#N)CC1. The van der Waals surface area contributed by atoms with Crippen LogP contribution in [-0.4, -0.2) is 45.3 Å². The minimum absolute atomic E-state index is 0.107. The van der Waals surface area contributed by atoms with Crippen LogP contribution in [0, 0.1) is 25.1 Å². The summed E-state index contributed by atoms with van der Waals surface area (Å²) in [5.74, 6) is 2.81. The van der Waals surface area contributed by atoms with Crippen molar-refractivity contribution in [2.75, 3.05) is 12.4 Å². The molecular weight excluding hydrogens is 377 g/mol. The molecule has 0 bridgehead atoms. The molecule has 0 atom stereocenters. The van der Waals surface area contributed by atoms with Crippen molar-refractivity contribution in [1.82, 2.24) is 24.9 Å². The monoisotopic (exact) mass is 401 g/mol. The van der Waals surface area contributed by atoms with Crippen molar-refractivity contribution in [1.29, 1.82) is 5.26 Å². The average Bonchev–Trinajstić information content (AvgIpc) is 3.18. The Morgan fingerprint density at radius 3 is 2.73 bits per heavy atom. The van der Waals surface area contributed by atoms with Crippen LogP contribution in [0.15, 0.2) is 24.4 Å². The van der Waals surface area contributed by atoms with Gasteiger partial charge in [0.25, 0.3) is 12.6 Å². The van der Waals surface area contributed by atoms with E-state index in [0.29, 0.717) is 11.4 Å². The number of fused-ring (bicyclic) bond motifs is 1. The summed E-state index contributed by atoms with van der Waals surface area (Å²) in [6.07, 6.45) is 5.21. The van der Waals surface area contributed by atoms with Crippen molar-refractivity contribution >= 4 is 24.0 Å². The first-order valence-electron chi connectivity index (χ1n) is 10.2. The molecule has 8 nitrogen and oxygen atoms in total. The number of rotatable bonds is 4. The van der Waals surface area contributed by atoms with Crippen LogP contribution in [0.3, 0.4) is 0 Å². The van der Waals surface area contributed by atoms with Crippen molar-refractivity contribution in [3.8, 4) is 17.4 Å². The molecule has 9 heteroatoms. The van der Waals surface area contributed by atoms with E-state index in [9.17, 15) is 4.79 Å². The average molecular weight is 401 g/mol. The van der Waals surface area contributed by atoms with Crippen molar-refractivity contribution in [2.45, 2.75) is 45.4 Å². The van der Waals surface area contributed by atoms with Gasteiger partial charge < -0.3 is 10.6 Å². The highest BCUT2D eigenvalue weighted by Gasteiger charge is 2.26. The lowest BCUT2D eigenvalue weighted by molar-refractivity contribution is 0.0935. The first kappa shape index (κ1) is 19.9. The second-order valence-electron chi connectivity index (χ2n) is 7.83.